The van der Waals surface area contributed by atoms with Crippen molar-refractivity contribution in [2.75, 3.05) is 6.54 Å². The Balaban J connectivity index is 2.10. The van der Waals surface area contributed by atoms with Crippen LogP contribution in [0.25, 0.3) is 0 Å². The van der Waals surface area contributed by atoms with E-state index in [4.69, 9.17) is 5.73 Å². The Morgan fingerprint density at radius 1 is 1.27 bits per heavy atom. The van der Waals surface area contributed by atoms with Crippen LogP contribution in [0.5, 0.6) is 5.75 Å². The van der Waals surface area contributed by atoms with E-state index in [9.17, 15) is 8.78 Å². The largest absolute Gasteiger partial charge is 0.435 e. The van der Waals surface area contributed by atoms with Gasteiger partial charge in [0, 0.05) is 12.0 Å². The first kappa shape index (κ1) is 10.4. The lowest BCUT2D eigenvalue weighted by Crippen LogP contribution is -2.19. The molecule has 82 valence electrons. The summed E-state index contributed by atoms with van der Waals surface area (Å²) in [6.45, 7) is -2.15. The van der Waals surface area contributed by atoms with E-state index in [0.717, 1.165) is 18.4 Å². The van der Waals surface area contributed by atoms with Crippen LogP contribution in [0.2, 0.25) is 0 Å². The zero-order valence-electron chi connectivity index (χ0n) is 8.25. The van der Waals surface area contributed by atoms with E-state index < -0.39 is 6.61 Å². The van der Waals surface area contributed by atoms with Crippen molar-refractivity contribution < 1.29 is 13.5 Å². The fourth-order valence-corrected chi connectivity index (χ4v) is 1.75. The van der Waals surface area contributed by atoms with Gasteiger partial charge in [0.2, 0.25) is 0 Å². The van der Waals surface area contributed by atoms with E-state index >= 15 is 0 Å². The van der Waals surface area contributed by atoms with Crippen LogP contribution in [0.1, 0.15) is 18.4 Å². The van der Waals surface area contributed by atoms with E-state index in [0.29, 0.717) is 6.54 Å². The van der Waals surface area contributed by atoms with E-state index in [2.05, 4.69) is 4.74 Å². The minimum absolute atomic E-state index is 0.101. The molecule has 0 unspecified atom stereocenters. The molecule has 1 aromatic rings. The maximum Gasteiger partial charge on any atom is 0.387 e. The van der Waals surface area contributed by atoms with Gasteiger partial charge in [0.05, 0.1) is 0 Å². The predicted molar refractivity (Wildman–Crippen MR) is 53.0 cm³/mol. The van der Waals surface area contributed by atoms with E-state index in [1.807, 2.05) is 12.1 Å². The maximum atomic E-state index is 11.9. The van der Waals surface area contributed by atoms with Gasteiger partial charge in [-0.2, -0.15) is 8.78 Å². The molecule has 0 atom stereocenters. The Morgan fingerprint density at radius 2 is 1.87 bits per heavy atom. The van der Waals surface area contributed by atoms with Gasteiger partial charge in [0.25, 0.3) is 0 Å². The van der Waals surface area contributed by atoms with Gasteiger partial charge in [-0.1, -0.05) is 12.1 Å². The molecule has 1 aliphatic carbocycles. The molecule has 1 aliphatic rings. The summed E-state index contributed by atoms with van der Waals surface area (Å²) in [5.74, 6) is 0.196. The van der Waals surface area contributed by atoms with Crippen LogP contribution in [-0.2, 0) is 5.41 Å². The molecule has 2 rings (SSSR count). The van der Waals surface area contributed by atoms with Crippen LogP contribution in [-0.4, -0.2) is 13.2 Å². The van der Waals surface area contributed by atoms with Gasteiger partial charge in [-0.05, 0) is 30.5 Å². The van der Waals surface area contributed by atoms with Crippen LogP contribution in [0, 0.1) is 0 Å². The summed E-state index contributed by atoms with van der Waals surface area (Å²) < 4.78 is 28.1. The molecule has 1 aromatic carbocycles. The Bertz CT molecular complexity index is 333. The number of hydrogen-bond acceptors (Lipinski definition) is 2. The number of ether oxygens (including phenoxy) is 1. The summed E-state index contributed by atoms with van der Waals surface area (Å²) in [5.41, 5.74) is 6.89. The summed E-state index contributed by atoms with van der Waals surface area (Å²) in [4.78, 5) is 0. The number of hydrogen-bond donors (Lipinski definition) is 1. The van der Waals surface area contributed by atoms with Gasteiger partial charge in [0.1, 0.15) is 5.75 Å². The van der Waals surface area contributed by atoms with E-state index in [1.54, 1.807) is 12.1 Å². The lowest BCUT2D eigenvalue weighted by Gasteiger charge is -2.13. The second-order valence-electron chi connectivity index (χ2n) is 3.89. The Labute approximate surface area is 87.0 Å². The first-order valence-electron chi connectivity index (χ1n) is 4.92. The van der Waals surface area contributed by atoms with Crippen molar-refractivity contribution in [2.45, 2.75) is 24.9 Å². The number of rotatable bonds is 4. The van der Waals surface area contributed by atoms with Crippen molar-refractivity contribution in [3.63, 3.8) is 0 Å². The normalized spacial score (nSPS) is 17.9. The monoisotopic (exact) mass is 213 g/mol. The minimum Gasteiger partial charge on any atom is -0.435 e. The number of alkyl halides is 2. The predicted octanol–water partition coefficient (Wildman–Crippen LogP) is 2.28. The summed E-state index contributed by atoms with van der Waals surface area (Å²) in [6, 6.07) is 6.77. The van der Waals surface area contributed by atoms with Crippen LogP contribution in [0.4, 0.5) is 8.78 Å². The maximum absolute atomic E-state index is 11.9. The van der Waals surface area contributed by atoms with E-state index in [1.165, 1.54) is 0 Å². The molecule has 4 heteroatoms. The van der Waals surface area contributed by atoms with Crippen molar-refractivity contribution in [1.82, 2.24) is 0 Å². The number of halogens is 2. The highest BCUT2D eigenvalue weighted by Gasteiger charge is 2.42. The third-order valence-electron chi connectivity index (χ3n) is 2.94. The molecule has 0 heterocycles. The standard InChI is InChI=1S/C11H13F2NO/c12-10(13)15-9-3-1-8(2-4-9)11(7-14)5-6-11/h1-4,10H,5-7,14H2. The Morgan fingerprint density at radius 3 is 2.27 bits per heavy atom. The summed E-state index contributed by atoms with van der Waals surface area (Å²) in [6.07, 6.45) is 2.16. The topological polar surface area (TPSA) is 35.2 Å². The summed E-state index contributed by atoms with van der Waals surface area (Å²) in [7, 11) is 0. The zero-order chi connectivity index (χ0) is 10.9. The van der Waals surface area contributed by atoms with Gasteiger partial charge in [-0.3, -0.25) is 0 Å². The summed E-state index contributed by atoms with van der Waals surface area (Å²) in [5, 5.41) is 0. The smallest absolute Gasteiger partial charge is 0.387 e. The van der Waals surface area contributed by atoms with Crippen molar-refractivity contribution in [3.05, 3.63) is 29.8 Å². The highest BCUT2D eigenvalue weighted by molar-refractivity contribution is 5.36. The SMILES string of the molecule is NCC1(c2ccc(OC(F)F)cc2)CC1. The molecular formula is C11H13F2NO. The first-order valence-corrected chi connectivity index (χ1v) is 4.92. The number of nitrogens with two attached hydrogens (primary N) is 1. The lowest BCUT2D eigenvalue weighted by atomic mass is 9.96. The van der Waals surface area contributed by atoms with Gasteiger partial charge in [0.15, 0.2) is 0 Å². The molecule has 0 radical (unpaired) electrons. The minimum atomic E-state index is -2.76. The lowest BCUT2D eigenvalue weighted by molar-refractivity contribution is -0.0498. The molecule has 2 nitrogen and oxygen atoms in total. The molecule has 0 amide bonds. The number of benzene rings is 1. The molecule has 1 fully saturated rings. The second-order valence-corrected chi connectivity index (χ2v) is 3.89. The molecule has 0 aliphatic heterocycles. The molecule has 0 bridgehead atoms. The fourth-order valence-electron chi connectivity index (χ4n) is 1.75. The highest BCUT2D eigenvalue weighted by Crippen LogP contribution is 2.47. The molecular weight excluding hydrogens is 200 g/mol. The van der Waals surface area contributed by atoms with Crippen molar-refractivity contribution >= 4 is 0 Å². The zero-order valence-corrected chi connectivity index (χ0v) is 8.25. The van der Waals surface area contributed by atoms with Crippen LogP contribution in [0.3, 0.4) is 0 Å². The van der Waals surface area contributed by atoms with Crippen molar-refractivity contribution in [1.29, 1.82) is 0 Å². The highest BCUT2D eigenvalue weighted by atomic mass is 19.3. The Hall–Kier alpha value is -1.16. The first-order chi connectivity index (χ1) is 7.16. The molecule has 0 spiro atoms. The van der Waals surface area contributed by atoms with Gasteiger partial charge >= 0.3 is 6.61 Å². The third kappa shape index (κ3) is 2.09. The second kappa shape index (κ2) is 3.77. The fraction of sp³-hybridized carbons (Fsp3) is 0.455. The molecule has 0 saturated heterocycles. The average Bonchev–Trinajstić information content (AvgIpc) is 2.99. The average molecular weight is 213 g/mol. The van der Waals surface area contributed by atoms with E-state index in [-0.39, 0.29) is 11.2 Å². The third-order valence-corrected chi connectivity index (χ3v) is 2.94. The van der Waals surface area contributed by atoms with Gasteiger partial charge in [-0.25, -0.2) is 0 Å². The van der Waals surface area contributed by atoms with Crippen LogP contribution < -0.4 is 10.5 Å². The van der Waals surface area contributed by atoms with Crippen LogP contribution in [0.15, 0.2) is 24.3 Å². The van der Waals surface area contributed by atoms with Crippen molar-refractivity contribution in [3.8, 4) is 5.75 Å². The quantitative estimate of drug-likeness (QED) is 0.832. The van der Waals surface area contributed by atoms with Gasteiger partial charge < -0.3 is 10.5 Å². The molecule has 15 heavy (non-hydrogen) atoms. The van der Waals surface area contributed by atoms with Crippen LogP contribution >= 0.6 is 0 Å². The molecule has 2 N–H and O–H groups in total. The van der Waals surface area contributed by atoms with Gasteiger partial charge in [-0.15, -0.1) is 0 Å². The summed E-state index contributed by atoms with van der Waals surface area (Å²) >= 11 is 0. The molecule has 0 aromatic heterocycles. The molecule has 1 saturated carbocycles. The Kier molecular flexibility index (Phi) is 2.61. The van der Waals surface area contributed by atoms with Crippen molar-refractivity contribution in [2.24, 2.45) is 5.73 Å².